The summed E-state index contributed by atoms with van der Waals surface area (Å²) in [5, 5.41) is 3.35. The smallest absolute Gasteiger partial charge is 0.242 e. The molecule has 0 radical (unpaired) electrons. The third-order valence-electron chi connectivity index (χ3n) is 5.59. The average Bonchev–Trinajstić information content (AvgIpc) is 2.80. The zero-order valence-corrected chi connectivity index (χ0v) is 22.2. The molecule has 0 saturated heterocycles. The lowest BCUT2D eigenvalue weighted by Crippen LogP contribution is -2.47. The maximum atomic E-state index is 13.2. The summed E-state index contributed by atoms with van der Waals surface area (Å²) in [7, 11) is -2.04. The van der Waals surface area contributed by atoms with Crippen molar-refractivity contribution in [2.45, 2.75) is 45.7 Å². The van der Waals surface area contributed by atoms with Crippen molar-refractivity contribution < 1.29 is 18.0 Å². The number of carbonyl (C=O) groups excluding carboxylic acids is 2. The first-order chi connectivity index (χ1) is 16.0. The van der Waals surface area contributed by atoms with E-state index in [0.29, 0.717) is 21.3 Å². The van der Waals surface area contributed by atoms with E-state index in [-0.39, 0.29) is 37.7 Å². The van der Waals surface area contributed by atoms with Crippen molar-refractivity contribution >= 4 is 50.7 Å². The molecule has 0 spiro atoms. The van der Waals surface area contributed by atoms with Gasteiger partial charge in [-0.25, -0.2) is 8.42 Å². The summed E-state index contributed by atoms with van der Waals surface area (Å²) in [6, 6.07) is 11.6. The van der Waals surface area contributed by atoms with E-state index in [1.165, 1.54) is 16.3 Å². The number of aryl methyl sites for hydroxylation is 1. The van der Waals surface area contributed by atoms with Gasteiger partial charge < -0.3 is 10.2 Å². The van der Waals surface area contributed by atoms with Crippen LogP contribution in [-0.4, -0.2) is 51.0 Å². The molecule has 186 valence electrons. The minimum absolute atomic E-state index is 0.0441. The molecule has 0 heterocycles. The summed E-state index contributed by atoms with van der Waals surface area (Å²) in [6.07, 6.45) is 2.31. The van der Waals surface area contributed by atoms with Gasteiger partial charge in [0.25, 0.3) is 0 Å². The summed E-state index contributed by atoms with van der Waals surface area (Å²) in [4.78, 5) is 26.9. The number of nitrogens with zero attached hydrogens (tertiary/aromatic N) is 2. The van der Waals surface area contributed by atoms with Gasteiger partial charge in [0.15, 0.2) is 0 Å². The van der Waals surface area contributed by atoms with Gasteiger partial charge in [-0.2, -0.15) is 0 Å². The summed E-state index contributed by atoms with van der Waals surface area (Å²) in [5.41, 5.74) is 2.19. The van der Waals surface area contributed by atoms with Crippen LogP contribution in [0.2, 0.25) is 10.0 Å². The Labute approximate surface area is 212 Å². The number of hydrogen-bond acceptors (Lipinski definition) is 4. The molecule has 2 aromatic carbocycles. The first kappa shape index (κ1) is 28.0. The van der Waals surface area contributed by atoms with Gasteiger partial charge in [0.2, 0.25) is 21.8 Å². The lowest BCUT2D eigenvalue weighted by molar-refractivity contribution is -0.140. The highest BCUT2D eigenvalue weighted by Gasteiger charge is 2.27. The van der Waals surface area contributed by atoms with Crippen LogP contribution < -0.4 is 9.62 Å². The molecule has 34 heavy (non-hydrogen) atoms. The topological polar surface area (TPSA) is 86.8 Å². The molecule has 0 bridgehead atoms. The van der Waals surface area contributed by atoms with E-state index in [4.69, 9.17) is 23.2 Å². The quantitative estimate of drug-likeness (QED) is 0.472. The van der Waals surface area contributed by atoms with Crippen molar-refractivity contribution in [1.82, 2.24) is 10.2 Å². The maximum absolute atomic E-state index is 13.2. The third kappa shape index (κ3) is 7.35. The standard InChI is InChI=1S/C24H31Cl2N3O4S/c1-5-18-11-13-19(14-12-18)29(34(4,32)33)15-7-10-23(30)28(17(2)24(31)27-3)16-20-21(25)8-6-9-22(20)26/h6,8-9,11-14,17H,5,7,10,15-16H2,1-4H3,(H,27,31)/t17-/m0/s1. The summed E-state index contributed by atoms with van der Waals surface area (Å²) < 4.78 is 26.1. The Morgan fingerprint density at radius 3 is 2.15 bits per heavy atom. The molecule has 0 unspecified atom stereocenters. The van der Waals surface area contributed by atoms with E-state index in [1.807, 2.05) is 19.1 Å². The lowest BCUT2D eigenvalue weighted by Gasteiger charge is -2.29. The number of halogens is 2. The van der Waals surface area contributed by atoms with E-state index in [2.05, 4.69) is 5.32 Å². The van der Waals surface area contributed by atoms with Gasteiger partial charge >= 0.3 is 0 Å². The van der Waals surface area contributed by atoms with E-state index >= 15 is 0 Å². The van der Waals surface area contributed by atoms with Crippen LogP contribution in [0.5, 0.6) is 0 Å². The molecule has 2 aromatic rings. The zero-order valence-electron chi connectivity index (χ0n) is 19.8. The molecule has 2 amide bonds. The number of benzene rings is 2. The summed E-state index contributed by atoms with van der Waals surface area (Å²) in [5.74, 6) is -0.632. The lowest BCUT2D eigenvalue weighted by atomic mass is 10.1. The van der Waals surface area contributed by atoms with Crippen LogP contribution in [0.1, 0.15) is 37.8 Å². The Balaban J connectivity index is 2.19. The number of hydrogen-bond donors (Lipinski definition) is 1. The molecule has 1 atom stereocenters. The van der Waals surface area contributed by atoms with E-state index < -0.39 is 16.1 Å². The summed E-state index contributed by atoms with van der Waals surface area (Å²) >= 11 is 12.6. The predicted octanol–water partition coefficient (Wildman–Crippen LogP) is 4.27. The highest BCUT2D eigenvalue weighted by molar-refractivity contribution is 7.92. The van der Waals surface area contributed by atoms with Gasteiger partial charge in [0.05, 0.1) is 11.9 Å². The van der Waals surface area contributed by atoms with Gasteiger partial charge in [-0.05, 0) is 49.6 Å². The first-order valence-corrected chi connectivity index (χ1v) is 13.6. The van der Waals surface area contributed by atoms with E-state index in [0.717, 1.165) is 18.2 Å². The van der Waals surface area contributed by atoms with Crippen molar-refractivity contribution in [3.63, 3.8) is 0 Å². The highest BCUT2D eigenvalue weighted by atomic mass is 35.5. The second-order valence-corrected chi connectivity index (χ2v) is 10.7. The number of nitrogens with one attached hydrogen (secondary N) is 1. The van der Waals surface area contributed by atoms with E-state index in [9.17, 15) is 18.0 Å². The number of anilines is 1. The number of rotatable bonds is 11. The van der Waals surface area contributed by atoms with Crippen molar-refractivity contribution in [1.29, 1.82) is 0 Å². The normalized spacial score (nSPS) is 12.2. The molecule has 0 fully saturated rings. The Morgan fingerprint density at radius 2 is 1.65 bits per heavy atom. The fourth-order valence-electron chi connectivity index (χ4n) is 3.55. The Bertz CT molecular complexity index is 1090. The van der Waals surface area contributed by atoms with Crippen LogP contribution in [0.4, 0.5) is 5.69 Å². The molecule has 0 aliphatic heterocycles. The Hall–Kier alpha value is -2.29. The number of amides is 2. The predicted molar refractivity (Wildman–Crippen MR) is 138 cm³/mol. The van der Waals surface area contributed by atoms with Gasteiger partial charge in [-0.1, -0.05) is 48.3 Å². The van der Waals surface area contributed by atoms with Gasteiger partial charge in [0, 0.05) is 42.2 Å². The minimum atomic E-state index is -3.54. The number of sulfonamides is 1. The molecule has 0 aromatic heterocycles. The van der Waals surface area contributed by atoms with Crippen LogP contribution >= 0.6 is 23.2 Å². The zero-order chi connectivity index (χ0) is 25.5. The second kappa shape index (κ2) is 12.4. The minimum Gasteiger partial charge on any atom is -0.357 e. The van der Waals surface area contributed by atoms with Crippen LogP contribution in [0, 0.1) is 0 Å². The van der Waals surface area contributed by atoms with Gasteiger partial charge in [-0.15, -0.1) is 0 Å². The van der Waals surface area contributed by atoms with Crippen LogP contribution in [-0.2, 0) is 32.6 Å². The highest BCUT2D eigenvalue weighted by Crippen LogP contribution is 2.27. The number of likely N-dealkylation sites (N-methyl/N-ethyl adjacent to an activating group) is 1. The molecule has 0 saturated carbocycles. The second-order valence-electron chi connectivity index (χ2n) is 7.97. The Morgan fingerprint density at radius 1 is 1.06 bits per heavy atom. The van der Waals surface area contributed by atoms with Crippen molar-refractivity contribution in [3.8, 4) is 0 Å². The van der Waals surface area contributed by atoms with Crippen LogP contribution in [0.3, 0.4) is 0 Å². The van der Waals surface area contributed by atoms with E-state index in [1.54, 1.807) is 37.3 Å². The maximum Gasteiger partial charge on any atom is 0.242 e. The molecular weight excluding hydrogens is 497 g/mol. The van der Waals surface area contributed by atoms with Gasteiger partial charge in [-0.3, -0.25) is 13.9 Å². The molecule has 1 N–H and O–H groups in total. The van der Waals surface area contributed by atoms with Crippen molar-refractivity contribution in [2.75, 3.05) is 24.2 Å². The van der Waals surface area contributed by atoms with Gasteiger partial charge in [0.1, 0.15) is 6.04 Å². The third-order valence-corrected chi connectivity index (χ3v) is 7.49. The average molecular weight is 529 g/mol. The Kier molecular flexibility index (Phi) is 10.2. The molecular formula is C24H31Cl2N3O4S. The fraction of sp³-hybridized carbons (Fsp3) is 0.417. The molecule has 0 aliphatic rings. The molecule has 10 heteroatoms. The fourth-order valence-corrected chi connectivity index (χ4v) is 5.03. The molecule has 7 nitrogen and oxygen atoms in total. The SMILES string of the molecule is CCc1ccc(N(CCCC(=O)N(Cc2c(Cl)cccc2Cl)[C@@H](C)C(=O)NC)S(C)(=O)=O)cc1. The molecule has 0 aliphatic carbocycles. The van der Waals surface area contributed by atoms with Crippen LogP contribution in [0.15, 0.2) is 42.5 Å². The largest absolute Gasteiger partial charge is 0.357 e. The summed E-state index contributed by atoms with van der Waals surface area (Å²) in [6.45, 7) is 3.83. The monoisotopic (exact) mass is 527 g/mol. The molecule has 2 rings (SSSR count). The van der Waals surface area contributed by atoms with Crippen molar-refractivity contribution in [2.24, 2.45) is 0 Å². The number of carbonyl (C=O) groups is 2. The van der Waals surface area contributed by atoms with Crippen molar-refractivity contribution in [3.05, 3.63) is 63.6 Å². The first-order valence-electron chi connectivity index (χ1n) is 11.0. The van der Waals surface area contributed by atoms with Crippen LogP contribution in [0.25, 0.3) is 0 Å².